The first-order valence-electron chi connectivity index (χ1n) is 13.6. The summed E-state index contributed by atoms with van der Waals surface area (Å²) in [5.41, 5.74) is 2.92. The topological polar surface area (TPSA) is 63.6 Å². The van der Waals surface area contributed by atoms with Crippen molar-refractivity contribution in [1.82, 2.24) is 0 Å². The number of allylic oxidation sites excluding steroid dienone is 1. The van der Waals surface area contributed by atoms with Crippen LogP contribution in [0.2, 0.25) is 0 Å². The molecule has 8 atom stereocenters. The maximum absolute atomic E-state index is 12.8. The zero-order valence-corrected chi connectivity index (χ0v) is 22.4. The van der Waals surface area contributed by atoms with Crippen LogP contribution in [0.4, 0.5) is 0 Å². The summed E-state index contributed by atoms with van der Waals surface area (Å²) in [6, 6.07) is 6.71. The van der Waals surface area contributed by atoms with Crippen LogP contribution in [0.1, 0.15) is 77.7 Å². The molecule has 0 spiro atoms. The third-order valence-corrected chi connectivity index (χ3v) is 12.0. The van der Waals surface area contributed by atoms with E-state index >= 15 is 0 Å². The predicted octanol–water partition coefficient (Wildman–Crippen LogP) is 6.61. The van der Waals surface area contributed by atoms with Crippen molar-refractivity contribution in [3.63, 3.8) is 0 Å². The molecule has 3 saturated carbocycles. The molecule has 1 aromatic rings. The molecule has 5 rings (SSSR count). The van der Waals surface area contributed by atoms with Gasteiger partial charge < -0.3 is 5.11 Å². The molecule has 3 fully saturated rings. The normalized spacial score (nSPS) is 39.7. The molecule has 4 aliphatic carbocycles. The van der Waals surface area contributed by atoms with Gasteiger partial charge in [0.05, 0.1) is 17.6 Å². The van der Waals surface area contributed by atoms with E-state index < -0.39 is 10.1 Å². The summed E-state index contributed by atoms with van der Waals surface area (Å²) in [5, 5.41) is 10.2. The third kappa shape index (κ3) is 4.26. The van der Waals surface area contributed by atoms with Crippen LogP contribution in [-0.2, 0) is 14.3 Å². The average Bonchev–Trinajstić information content (AvgIpc) is 3.20. The van der Waals surface area contributed by atoms with Gasteiger partial charge in [-0.1, -0.05) is 57.2 Å². The number of aliphatic hydroxyl groups is 1. The van der Waals surface area contributed by atoms with E-state index in [0.717, 1.165) is 36.7 Å². The zero-order chi connectivity index (χ0) is 25.0. The van der Waals surface area contributed by atoms with E-state index in [4.69, 9.17) is 4.18 Å². The van der Waals surface area contributed by atoms with Gasteiger partial charge in [-0.25, -0.2) is 0 Å². The number of hydrogen-bond acceptors (Lipinski definition) is 4. The van der Waals surface area contributed by atoms with Crippen LogP contribution in [0.5, 0.6) is 0 Å². The quantitative estimate of drug-likeness (QED) is 0.354. The molecule has 0 radical (unpaired) electrons. The highest BCUT2D eigenvalue weighted by atomic mass is 32.2. The van der Waals surface area contributed by atoms with E-state index in [2.05, 4.69) is 33.4 Å². The fourth-order valence-electron chi connectivity index (χ4n) is 8.84. The summed E-state index contributed by atoms with van der Waals surface area (Å²) < 4.78 is 31.3. The van der Waals surface area contributed by atoms with E-state index in [1.807, 2.05) is 0 Å². The Labute approximate surface area is 212 Å². The standard InChI is InChI=1S/C30H42O4S/c1-5-21-6-9-24(10-7-21)35(32,33)34-19-20(2)26-12-13-27-25-11-8-22-18-23(31)14-16-29(22,3)28(25)15-17-30(26,27)4/h5-7,9-10,18,20,23,25-28,31H,1,8,11-17,19H2,2-4H3/t20-,23?,25?,26?,27?,28?,29+,30-/m1/s1. The van der Waals surface area contributed by atoms with Gasteiger partial charge in [-0.15, -0.1) is 0 Å². The SMILES string of the molecule is C=Cc1ccc(S(=O)(=O)OC[C@@H](C)C2CCC3C4CCC5=CC(O)CC[C@]5(C)C4CC[C@@]32C)cc1. The first kappa shape index (κ1) is 25.2. The van der Waals surface area contributed by atoms with Crippen molar-refractivity contribution in [2.45, 2.75) is 83.1 Å². The Morgan fingerprint density at radius 2 is 1.83 bits per heavy atom. The molecule has 192 valence electrons. The summed E-state index contributed by atoms with van der Waals surface area (Å²) in [5.74, 6) is 2.86. The first-order valence-corrected chi connectivity index (χ1v) is 15.0. The van der Waals surface area contributed by atoms with Crippen LogP contribution >= 0.6 is 0 Å². The van der Waals surface area contributed by atoms with Crippen molar-refractivity contribution in [3.05, 3.63) is 48.1 Å². The van der Waals surface area contributed by atoms with Gasteiger partial charge in [-0.05, 0) is 109 Å². The number of rotatable bonds is 6. The van der Waals surface area contributed by atoms with Crippen LogP contribution in [0.25, 0.3) is 6.08 Å². The number of fused-ring (bicyclic) bond motifs is 5. The maximum Gasteiger partial charge on any atom is 0.296 e. The maximum atomic E-state index is 12.8. The summed E-state index contributed by atoms with van der Waals surface area (Å²) >= 11 is 0. The largest absolute Gasteiger partial charge is 0.389 e. The second-order valence-electron chi connectivity index (χ2n) is 12.3. The molecule has 5 heteroatoms. The fourth-order valence-corrected chi connectivity index (χ4v) is 9.84. The molecule has 35 heavy (non-hydrogen) atoms. The lowest BCUT2D eigenvalue weighted by Gasteiger charge is -2.59. The molecule has 1 aromatic carbocycles. The molecular formula is C30H42O4S. The molecule has 0 aliphatic heterocycles. The van der Waals surface area contributed by atoms with E-state index in [9.17, 15) is 13.5 Å². The third-order valence-electron chi connectivity index (χ3n) is 10.7. The molecule has 0 saturated heterocycles. The van der Waals surface area contributed by atoms with Crippen LogP contribution in [0.3, 0.4) is 0 Å². The summed E-state index contributed by atoms with van der Waals surface area (Å²) in [6.07, 6.45) is 12.9. The summed E-state index contributed by atoms with van der Waals surface area (Å²) in [7, 11) is -3.76. The first-order chi connectivity index (χ1) is 16.6. The molecule has 0 amide bonds. The smallest absolute Gasteiger partial charge is 0.296 e. The van der Waals surface area contributed by atoms with Crippen molar-refractivity contribution >= 4 is 16.2 Å². The van der Waals surface area contributed by atoms with Crippen molar-refractivity contribution in [2.24, 2.45) is 40.4 Å². The number of hydrogen-bond donors (Lipinski definition) is 1. The molecule has 1 N–H and O–H groups in total. The van der Waals surface area contributed by atoms with Crippen molar-refractivity contribution < 1.29 is 17.7 Å². The second kappa shape index (κ2) is 9.15. The van der Waals surface area contributed by atoms with E-state index in [1.54, 1.807) is 30.3 Å². The van der Waals surface area contributed by atoms with E-state index in [-0.39, 0.29) is 34.4 Å². The monoisotopic (exact) mass is 498 g/mol. The Morgan fingerprint density at radius 1 is 1.09 bits per heavy atom. The lowest BCUT2D eigenvalue weighted by atomic mass is 9.46. The van der Waals surface area contributed by atoms with Gasteiger partial charge >= 0.3 is 0 Å². The fraction of sp³-hybridized carbons (Fsp3) is 0.667. The van der Waals surface area contributed by atoms with Crippen LogP contribution in [0, 0.1) is 40.4 Å². The number of benzene rings is 1. The van der Waals surface area contributed by atoms with Gasteiger partial charge in [0.15, 0.2) is 0 Å². The van der Waals surface area contributed by atoms with Gasteiger partial charge in [-0.2, -0.15) is 8.42 Å². The van der Waals surface area contributed by atoms with Gasteiger partial charge in [0, 0.05) is 0 Å². The Morgan fingerprint density at radius 3 is 2.54 bits per heavy atom. The minimum absolute atomic E-state index is 0.197. The highest BCUT2D eigenvalue weighted by Gasteiger charge is 2.59. The molecule has 4 aliphatic rings. The van der Waals surface area contributed by atoms with E-state index in [0.29, 0.717) is 11.8 Å². The second-order valence-corrected chi connectivity index (χ2v) is 14.0. The predicted molar refractivity (Wildman–Crippen MR) is 140 cm³/mol. The van der Waals surface area contributed by atoms with Crippen LogP contribution in [-0.4, -0.2) is 26.2 Å². The van der Waals surface area contributed by atoms with Crippen molar-refractivity contribution in [1.29, 1.82) is 0 Å². The molecule has 5 unspecified atom stereocenters. The van der Waals surface area contributed by atoms with Gasteiger partial charge in [0.1, 0.15) is 0 Å². The lowest BCUT2D eigenvalue weighted by Crippen LogP contribution is -2.51. The molecule has 0 aromatic heterocycles. The summed E-state index contributed by atoms with van der Waals surface area (Å²) in [4.78, 5) is 0.211. The Kier molecular flexibility index (Phi) is 6.59. The minimum atomic E-state index is -3.76. The molecule has 4 nitrogen and oxygen atoms in total. The van der Waals surface area contributed by atoms with E-state index in [1.165, 1.54) is 37.7 Å². The van der Waals surface area contributed by atoms with Crippen LogP contribution < -0.4 is 0 Å². The Bertz CT molecular complexity index is 1090. The number of aliphatic hydroxyl groups excluding tert-OH is 1. The average molecular weight is 499 g/mol. The van der Waals surface area contributed by atoms with Crippen molar-refractivity contribution in [2.75, 3.05) is 6.61 Å². The van der Waals surface area contributed by atoms with Crippen molar-refractivity contribution in [3.8, 4) is 0 Å². The highest BCUT2D eigenvalue weighted by Crippen LogP contribution is 2.67. The molecule has 0 bridgehead atoms. The zero-order valence-electron chi connectivity index (χ0n) is 21.6. The molecular weight excluding hydrogens is 456 g/mol. The van der Waals surface area contributed by atoms with Gasteiger partial charge in [0.25, 0.3) is 10.1 Å². The highest BCUT2D eigenvalue weighted by molar-refractivity contribution is 7.86. The minimum Gasteiger partial charge on any atom is -0.389 e. The summed E-state index contributed by atoms with van der Waals surface area (Å²) in [6.45, 7) is 11.1. The molecule has 0 heterocycles. The van der Waals surface area contributed by atoms with Gasteiger partial charge in [0.2, 0.25) is 0 Å². The Balaban J connectivity index is 1.28. The Hall–Kier alpha value is -1.43. The van der Waals surface area contributed by atoms with Crippen LogP contribution in [0.15, 0.2) is 47.4 Å². The lowest BCUT2D eigenvalue weighted by molar-refractivity contribution is -0.0643. The van der Waals surface area contributed by atoms with Gasteiger partial charge in [-0.3, -0.25) is 4.18 Å².